The summed E-state index contributed by atoms with van der Waals surface area (Å²) in [6.07, 6.45) is 0.396. The molecule has 0 saturated carbocycles. The fraction of sp³-hybridized carbons (Fsp3) is 0.526. The van der Waals surface area contributed by atoms with Gasteiger partial charge < -0.3 is 20.3 Å². The van der Waals surface area contributed by atoms with Crippen molar-refractivity contribution in [3.05, 3.63) is 29.0 Å². The molecule has 11 nitrogen and oxygen atoms in total. The van der Waals surface area contributed by atoms with E-state index in [4.69, 9.17) is 11.6 Å². The first-order chi connectivity index (χ1) is 15.5. The van der Waals surface area contributed by atoms with Gasteiger partial charge in [0.2, 0.25) is 11.8 Å². The number of nitrogens with one attached hydrogen (secondary N) is 3. The maximum atomic E-state index is 13.4. The van der Waals surface area contributed by atoms with Crippen LogP contribution >= 0.6 is 11.6 Å². The minimum atomic E-state index is -4.12. The molecular weight excluding hydrogens is 481 g/mol. The standard InChI is InChI=1S/C19H25ClFN5O6S/c1-25-16(18(28)23-12-3-4-14(21)13(20)9-12)10-15(24-33(25,30)31)17(27)22-11-5-7-26(8-6-11)19(29)32-2/h3-4,9,11,15-16,24H,5-8,10H2,1-2H3,(H,22,27)(H,23,28). The Morgan fingerprint density at radius 3 is 2.48 bits per heavy atom. The number of anilines is 1. The van der Waals surface area contributed by atoms with E-state index in [1.807, 2.05) is 0 Å². The Labute approximate surface area is 195 Å². The second-order valence-corrected chi connectivity index (χ2v) is 9.97. The lowest BCUT2D eigenvalue weighted by atomic mass is 10.0. The number of hydrogen-bond donors (Lipinski definition) is 3. The van der Waals surface area contributed by atoms with Crippen LogP contribution in [0.15, 0.2) is 18.2 Å². The Hall–Kier alpha value is -2.48. The number of halogens is 2. The van der Waals surface area contributed by atoms with Gasteiger partial charge in [-0.3, -0.25) is 9.59 Å². The molecular formula is C19H25ClFN5O6S. The van der Waals surface area contributed by atoms with Crippen LogP contribution < -0.4 is 15.4 Å². The molecule has 2 saturated heterocycles. The van der Waals surface area contributed by atoms with Gasteiger partial charge in [0.05, 0.1) is 12.1 Å². The van der Waals surface area contributed by atoms with Gasteiger partial charge in [-0.15, -0.1) is 0 Å². The zero-order valence-electron chi connectivity index (χ0n) is 18.0. The topological polar surface area (TPSA) is 137 Å². The van der Waals surface area contributed by atoms with Crippen LogP contribution in [0.25, 0.3) is 0 Å². The van der Waals surface area contributed by atoms with Crippen molar-refractivity contribution in [3.63, 3.8) is 0 Å². The van der Waals surface area contributed by atoms with Crippen molar-refractivity contribution < 1.29 is 31.9 Å². The summed E-state index contributed by atoms with van der Waals surface area (Å²) in [4.78, 5) is 38.7. The highest BCUT2D eigenvalue weighted by Gasteiger charge is 2.43. The molecule has 0 radical (unpaired) electrons. The van der Waals surface area contributed by atoms with Crippen LogP contribution in [-0.2, 0) is 24.5 Å². The molecule has 0 spiro atoms. The minimum absolute atomic E-state index is 0.122. The van der Waals surface area contributed by atoms with Crippen LogP contribution in [0, 0.1) is 5.82 Å². The van der Waals surface area contributed by atoms with Gasteiger partial charge in [-0.1, -0.05) is 11.6 Å². The Kier molecular flexibility index (Phi) is 7.77. The highest BCUT2D eigenvalue weighted by molar-refractivity contribution is 7.87. The van der Waals surface area contributed by atoms with Crippen LogP contribution in [-0.4, -0.2) is 80.9 Å². The highest BCUT2D eigenvalue weighted by atomic mass is 35.5. The fourth-order valence-electron chi connectivity index (χ4n) is 3.72. The molecule has 2 aliphatic heterocycles. The number of carbonyl (C=O) groups is 3. The molecule has 1 aromatic carbocycles. The van der Waals surface area contributed by atoms with Crippen LogP contribution in [0.5, 0.6) is 0 Å². The summed E-state index contributed by atoms with van der Waals surface area (Å²) in [6, 6.07) is 0.961. The monoisotopic (exact) mass is 505 g/mol. The SMILES string of the molecule is COC(=O)N1CCC(NC(=O)C2CC(C(=O)Nc3ccc(F)c(Cl)c3)N(C)S(=O)(=O)N2)CC1. The first-order valence-corrected chi connectivity index (χ1v) is 12.0. The summed E-state index contributed by atoms with van der Waals surface area (Å²) in [5.74, 6) is -1.91. The van der Waals surface area contributed by atoms with E-state index in [0.29, 0.717) is 25.9 Å². The molecule has 0 bridgehead atoms. The van der Waals surface area contributed by atoms with Crippen molar-refractivity contribution in [2.75, 3.05) is 32.6 Å². The van der Waals surface area contributed by atoms with E-state index in [1.165, 1.54) is 31.2 Å². The van der Waals surface area contributed by atoms with E-state index in [0.717, 1.165) is 10.4 Å². The Morgan fingerprint density at radius 2 is 1.88 bits per heavy atom. The number of likely N-dealkylation sites (N-methyl/N-ethyl adjacent to an activating group) is 1. The normalized spacial score (nSPS) is 23.6. The van der Waals surface area contributed by atoms with Gasteiger partial charge in [0.25, 0.3) is 10.2 Å². The van der Waals surface area contributed by atoms with Crippen LogP contribution in [0.3, 0.4) is 0 Å². The molecule has 2 unspecified atom stereocenters. The van der Waals surface area contributed by atoms with Gasteiger partial charge in [0.1, 0.15) is 17.9 Å². The number of carbonyl (C=O) groups excluding carboxylic acids is 3. The number of hydrogen-bond acceptors (Lipinski definition) is 6. The van der Waals surface area contributed by atoms with Crippen molar-refractivity contribution in [3.8, 4) is 0 Å². The van der Waals surface area contributed by atoms with Gasteiger partial charge in [-0.25, -0.2) is 9.18 Å². The van der Waals surface area contributed by atoms with Crippen molar-refractivity contribution in [1.82, 2.24) is 19.2 Å². The van der Waals surface area contributed by atoms with E-state index in [-0.39, 0.29) is 23.2 Å². The average molecular weight is 506 g/mol. The third-order valence-corrected chi connectivity index (χ3v) is 7.53. The number of ether oxygens (including phenoxy) is 1. The predicted molar refractivity (Wildman–Crippen MR) is 117 cm³/mol. The number of amides is 3. The van der Waals surface area contributed by atoms with Gasteiger partial charge in [-0.05, 0) is 37.5 Å². The lowest BCUT2D eigenvalue weighted by Crippen LogP contribution is -2.63. The van der Waals surface area contributed by atoms with Crippen LogP contribution in [0.2, 0.25) is 5.02 Å². The maximum absolute atomic E-state index is 13.4. The highest BCUT2D eigenvalue weighted by Crippen LogP contribution is 2.23. The zero-order valence-corrected chi connectivity index (χ0v) is 19.6. The van der Waals surface area contributed by atoms with Crippen LogP contribution in [0.1, 0.15) is 19.3 Å². The summed E-state index contributed by atoms with van der Waals surface area (Å²) in [6.45, 7) is 0.782. The number of methoxy groups -OCH3 is 1. The maximum Gasteiger partial charge on any atom is 0.409 e. The third-order valence-electron chi connectivity index (χ3n) is 5.65. The van der Waals surface area contributed by atoms with E-state index in [2.05, 4.69) is 20.1 Å². The second-order valence-electron chi connectivity index (χ2n) is 7.80. The van der Waals surface area contributed by atoms with Gasteiger partial charge in [-0.2, -0.15) is 17.4 Å². The molecule has 2 fully saturated rings. The Morgan fingerprint density at radius 1 is 1.21 bits per heavy atom. The van der Waals surface area contributed by atoms with Crippen molar-refractivity contribution in [2.24, 2.45) is 0 Å². The smallest absolute Gasteiger partial charge is 0.409 e. The van der Waals surface area contributed by atoms with Gasteiger partial charge >= 0.3 is 6.09 Å². The second kappa shape index (κ2) is 10.2. The molecule has 0 aromatic heterocycles. The molecule has 182 valence electrons. The quantitative estimate of drug-likeness (QED) is 0.550. The first kappa shape index (κ1) is 25.1. The lowest BCUT2D eigenvalue weighted by Gasteiger charge is -2.37. The molecule has 14 heteroatoms. The summed E-state index contributed by atoms with van der Waals surface area (Å²) in [5, 5.41) is 5.09. The van der Waals surface area contributed by atoms with E-state index in [1.54, 1.807) is 0 Å². The van der Waals surface area contributed by atoms with Crippen molar-refractivity contribution >= 4 is 45.4 Å². The van der Waals surface area contributed by atoms with E-state index >= 15 is 0 Å². The lowest BCUT2D eigenvalue weighted by molar-refractivity contribution is -0.125. The molecule has 3 rings (SSSR count). The number of nitrogens with zero attached hydrogens (tertiary/aromatic N) is 2. The van der Waals surface area contributed by atoms with Crippen molar-refractivity contribution in [2.45, 2.75) is 37.4 Å². The largest absolute Gasteiger partial charge is 0.453 e. The fourth-order valence-corrected chi connectivity index (χ4v) is 5.15. The van der Waals surface area contributed by atoms with Gasteiger partial charge in [0.15, 0.2) is 0 Å². The summed E-state index contributed by atoms with van der Waals surface area (Å²) in [7, 11) is -1.60. The number of benzene rings is 1. The number of piperidine rings is 1. The molecule has 33 heavy (non-hydrogen) atoms. The van der Waals surface area contributed by atoms with Crippen LogP contribution in [0.4, 0.5) is 14.9 Å². The van der Waals surface area contributed by atoms with Gasteiger partial charge in [0, 0.05) is 31.9 Å². The Bertz CT molecular complexity index is 1030. The first-order valence-electron chi connectivity index (χ1n) is 10.2. The molecule has 2 atom stereocenters. The predicted octanol–water partition coefficient (Wildman–Crippen LogP) is 0.672. The molecule has 2 heterocycles. The summed E-state index contributed by atoms with van der Waals surface area (Å²) in [5.41, 5.74) is 0.189. The minimum Gasteiger partial charge on any atom is -0.453 e. The third kappa shape index (κ3) is 5.91. The average Bonchev–Trinajstić information content (AvgIpc) is 2.77. The zero-order chi connectivity index (χ0) is 24.3. The summed E-state index contributed by atoms with van der Waals surface area (Å²) < 4.78 is 46.2. The molecule has 3 amide bonds. The number of likely N-dealkylation sites (tertiary alicyclic amines) is 1. The number of rotatable bonds is 4. The molecule has 2 aliphatic rings. The van der Waals surface area contributed by atoms with E-state index in [9.17, 15) is 27.2 Å². The van der Waals surface area contributed by atoms with Crippen molar-refractivity contribution in [1.29, 1.82) is 0 Å². The molecule has 0 aliphatic carbocycles. The molecule has 1 aromatic rings. The summed E-state index contributed by atoms with van der Waals surface area (Å²) >= 11 is 5.72. The van der Waals surface area contributed by atoms with E-state index < -0.39 is 46.0 Å². The molecule has 3 N–H and O–H groups in total. The Balaban J connectivity index is 1.64.